The summed E-state index contributed by atoms with van der Waals surface area (Å²) < 4.78 is 10.9. The van der Waals surface area contributed by atoms with E-state index in [1.807, 2.05) is 6.07 Å². The number of rotatable bonds is 2. The largest absolute Gasteiger partial charge is 0.496 e. The van der Waals surface area contributed by atoms with E-state index in [9.17, 15) is 0 Å². The first-order valence-electron chi connectivity index (χ1n) is 5.30. The summed E-state index contributed by atoms with van der Waals surface area (Å²) >= 11 is 0. The van der Waals surface area contributed by atoms with Crippen LogP contribution in [0.4, 0.5) is 0 Å². The van der Waals surface area contributed by atoms with Crippen LogP contribution in [0.25, 0.3) is 0 Å². The highest BCUT2D eigenvalue weighted by molar-refractivity contribution is 5.52. The van der Waals surface area contributed by atoms with Gasteiger partial charge in [0.1, 0.15) is 5.75 Å². The van der Waals surface area contributed by atoms with Gasteiger partial charge in [-0.3, -0.25) is 0 Å². The first kappa shape index (κ1) is 9.19. The van der Waals surface area contributed by atoms with Gasteiger partial charge in [-0.25, -0.2) is 0 Å². The van der Waals surface area contributed by atoms with Gasteiger partial charge in [0.25, 0.3) is 0 Å². The Bertz CT molecular complexity index is 410. The summed E-state index contributed by atoms with van der Waals surface area (Å²) in [5.41, 5.74) is 9.84. The normalized spacial score (nSPS) is 21.2. The van der Waals surface area contributed by atoms with Gasteiger partial charge in [-0.2, -0.15) is 0 Å². The lowest BCUT2D eigenvalue weighted by Crippen LogP contribution is -2.21. The number of hydrogen-bond acceptors (Lipinski definition) is 3. The molecule has 0 amide bonds. The summed E-state index contributed by atoms with van der Waals surface area (Å²) in [5, 5.41) is 0. The third kappa shape index (κ3) is 1.27. The Kier molecular flexibility index (Phi) is 1.82. The zero-order valence-electron chi connectivity index (χ0n) is 8.88. The maximum Gasteiger partial charge on any atom is 0.124 e. The summed E-state index contributed by atoms with van der Waals surface area (Å²) in [7, 11) is 1.70. The van der Waals surface area contributed by atoms with E-state index < -0.39 is 0 Å². The van der Waals surface area contributed by atoms with Crippen LogP contribution < -0.4 is 10.5 Å². The van der Waals surface area contributed by atoms with Crippen LogP contribution in [0, 0.1) is 0 Å². The quantitative estimate of drug-likeness (QED) is 0.798. The van der Waals surface area contributed by atoms with Crippen LogP contribution in [0.5, 0.6) is 5.75 Å². The molecule has 1 aliphatic heterocycles. The van der Waals surface area contributed by atoms with Crippen LogP contribution in [0.3, 0.4) is 0 Å². The third-order valence-electron chi connectivity index (χ3n) is 3.38. The molecule has 0 aromatic heterocycles. The molecule has 1 heterocycles. The molecule has 1 aromatic rings. The molecule has 0 atom stereocenters. The summed E-state index contributed by atoms with van der Waals surface area (Å²) in [6.45, 7) is 1.39. The van der Waals surface area contributed by atoms with E-state index >= 15 is 0 Å². The highest BCUT2D eigenvalue weighted by Crippen LogP contribution is 2.49. The fraction of sp³-hybridized carbons (Fsp3) is 0.500. The number of fused-ring (bicyclic) bond motifs is 1. The van der Waals surface area contributed by atoms with Crippen LogP contribution >= 0.6 is 0 Å². The van der Waals surface area contributed by atoms with Gasteiger partial charge in [0.05, 0.1) is 20.3 Å². The molecule has 2 N–H and O–H groups in total. The summed E-state index contributed by atoms with van der Waals surface area (Å²) in [6.07, 6.45) is 2.11. The van der Waals surface area contributed by atoms with E-state index in [1.165, 1.54) is 16.7 Å². The molecule has 1 aromatic carbocycles. The Morgan fingerprint density at radius 2 is 2.13 bits per heavy atom. The molecule has 80 valence electrons. The summed E-state index contributed by atoms with van der Waals surface area (Å²) in [4.78, 5) is 0. The SMILES string of the molecule is COc1ccc2c(c1C1(N)CC1)COC2. The molecule has 15 heavy (non-hydrogen) atoms. The van der Waals surface area contributed by atoms with E-state index in [2.05, 4.69) is 6.07 Å². The molecule has 1 aliphatic carbocycles. The number of hydrogen-bond donors (Lipinski definition) is 1. The average molecular weight is 205 g/mol. The molecule has 0 spiro atoms. The molecule has 0 saturated heterocycles. The van der Waals surface area contributed by atoms with Crippen molar-refractivity contribution < 1.29 is 9.47 Å². The zero-order valence-corrected chi connectivity index (χ0v) is 8.88. The van der Waals surface area contributed by atoms with Gasteiger partial charge >= 0.3 is 0 Å². The van der Waals surface area contributed by atoms with Gasteiger partial charge < -0.3 is 15.2 Å². The first-order valence-corrected chi connectivity index (χ1v) is 5.30. The van der Waals surface area contributed by atoms with E-state index in [-0.39, 0.29) is 5.54 Å². The molecule has 0 radical (unpaired) electrons. The van der Waals surface area contributed by atoms with Gasteiger partial charge in [-0.15, -0.1) is 0 Å². The maximum atomic E-state index is 6.28. The Hall–Kier alpha value is -1.06. The molecular weight excluding hydrogens is 190 g/mol. The zero-order chi connectivity index (χ0) is 10.5. The number of ether oxygens (including phenoxy) is 2. The van der Waals surface area contributed by atoms with Gasteiger partial charge in [0.2, 0.25) is 0 Å². The van der Waals surface area contributed by atoms with Crippen molar-refractivity contribution >= 4 is 0 Å². The van der Waals surface area contributed by atoms with Crippen LogP contribution in [0.2, 0.25) is 0 Å². The molecule has 3 nitrogen and oxygen atoms in total. The van der Waals surface area contributed by atoms with E-state index in [1.54, 1.807) is 7.11 Å². The van der Waals surface area contributed by atoms with E-state index in [0.717, 1.165) is 18.6 Å². The number of methoxy groups -OCH3 is 1. The van der Waals surface area contributed by atoms with Crippen molar-refractivity contribution in [3.05, 3.63) is 28.8 Å². The standard InChI is InChI=1S/C12H15NO2/c1-14-10-3-2-8-6-15-7-9(8)11(10)12(13)4-5-12/h2-3H,4-7,13H2,1H3. The number of benzene rings is 1. The predicted molar refractivity (Wildman–Crippen MR) is 56.6 cm³/mol. The Morgan fingerprint density at radius 3 is 2.80 bits per heavy atom. The summed E-state index contributed by atoms with van der Waals surface area (Å²) in [6, 6.07) is 4.09. The molecule has 0 unspecified atom stereocenters. The monoisotopic (exact) mass is 205 g/mol. The second-order valence-corrected chi connectivity index (χ2v) is 4.43. The molecule has 1 fully saturated rings. The van der Waals surface area contributed by atoms with Crippen LogP contribution in [0.15, 0.2) is 12.1 Å². The smallest absolute Gasteiger partial charge is 0.124 e. The molecule has 3 rings (SSSR count). The van der Waals surface area contributed by atoms with Crippen molar-refractivity contribution in [2.75, 3.05) is 7.11 Å². The fourth-order valence-corrected chi connectivity index (χ4v) is 2.33. The van der Waals surface area contributed by atoms with Crippen LogP contribution in [-0.2, 0) is 23.5 Å². The van der Waals surface area contributed by atoms with Crippen LogP contribution in [0.1, 0.15) is 29.5 Å². The topological polar surface area (TPSA) is 44.5 Å². The van der Waals surface area contributed by atoms with Crippen molar-refractivity contribution in [2.24, 2.45) is 5.73 Å². The Labute approximate surface area is 89.2 Å². The lowest BCUT2D eigenvalue weighted by Gasteiger charge is -2.17. The fourth-order valence-electron chi connectivity index (χ4n) is 2.33. The minimum atomic E-state index is -0.148. The second kappa shape index (κ2) is 2.97. The van der Waals surface area contributed by atoms with Crippen molar-refractivity contribution in [3.63, 3.8) is 0 Å². The van der Waals surface area contributed by atoms with Crippen molar-refractivity contribution in [1.29, 1.82) is 0 Å². The Balaban J connectivity index is 2.19. The molecule has 1 saturated carbocycles. The Morgan fingerprint density at radius 1 is 1.33 bits per heavy atom. The highest BCUT2D eigenvalue weighted by atomic mass is 16.5. The van der Waals surface area contributed by atoms with Crippen molar-refractivity contribution in [2.45, 2.75) is 31.6 Å². The lowest BCUT2D eigenvalue weighted by atomic mass is 9.95. The highest BCUT2D eigenvalue weighted by Gasteiger charge is 2.44. The van der Waals surface area contributed by atoms with Gasteiger partial charge in [-0.1, -0.05) is 6.07 Å². The van der Waals surface area contributed by atoms with E-state index in [4.69, 9.17) is 15.2 Å². The molecule has 0 bridgehead atoms. The van der Waals surface area contributed by atoms with Crippen molar-refractivity contribution in [3.8, 4) is 5.75 Å². The molecule has 3 heteroatoms. The van der Waals surface area contributed by atoms with Crippen molar-refractivity contribution in [1.82, 2.24) is 0 Å². The first-order chi connectivity index (χ1) is 7.24. The predicted octanol–water partition coefficient (Wildman–Crippen LogP) is 1.67. The lowest BCUT2D eigenvalue weighted by molar-refractivity contribution is 0.134. The minimum absolute atomic E-state index is 0.148. The minimum Gasteiger partial charge on any atom is -0.496 e. The second-order valence-electron chi connectivity index (χ2n) is 4.43. The maximum absolute atomic E-state index is 6.28. The third-order valence-corrected chi connectivity index (χ3v) is 3.38. The molecular formula is C12H15NO2. The van der Waals surface area contributed by atoms with Gasteiger partial charge in [0.15, 0.2) is 0 Å². The molecule has 2 aliphatic rings. The summed E-state index contributed by atoms with van der Waals surface area (Å²) in [5.74, 6) is 0.916. The average Bonchev–Trinajstić information content (AvgIpc) is 2.82. The van der Waals surface area contributed by atoms with Crippen LogP contribution in [-0.4, -0.2) is 7.11 Å². The van der Waals surface area contributed by atoms with Gasteiger partial charge in [-0.05, 0) is 30.0 Å². The van der Waals surface area contributed by atoms with Gasteiger partial charge in [0, 0.05) is 11.1 Å². The number of nitrogens with two attached hydrogens (primary N) is 1. The van der Waals surface area contributed by atoms with E-state index in [0.29, 0.717) is 13.2 Å².